The molecule has 0 saturated carbocycles. The van der Waals surface area contributed by atoms with Gasteiger partial charge in [0.05, 0.1) is 12.5 Å². The molecule has 3 nitrogen and oxygen atoms in total. The Kier molecular flexibility index (Phi) is 7.26. The zero-order valence-corrected chi connectivity index (χ0v) is 15.7. The average Bonchev–Trinajstić information content (AvgIpc) is 2.61. The number of ether oxygens (including phenoxy) is 1. The van der Waals surface area contributed by atoms with Gasteiger partial charge in [0.1, 0.15) is 0 Å². The summed E-state index contributed by atoms with van der Waals surface area (Å²) in [6.45, 7) is 6.32. The fraction of sp³-hybridized carbons (Fsp3) is 0.333. The molecule has 2 aromatic rings. The molecule has 2 rings (SSSR count). The second-order valence-corrected chi connectivity index (χ2v) is 7.24. The van der Waals surface area contributed by atoms with Gasteiger partial charge >= 0.3 is 5.97 Å². The summed E-state index contributed by atoms with van der Waals surface area (Å²) in [5.74, 6) is -0.235. The van der Waals surface area contributed by atoms with Gasteiger partial charge < -0.3 is 4.74 Å². The summed E-state index contributed by atoms with van der Waals surface area (Å²) in [4.78, 5) is 25.8. The molecule has 0 aromatic heterocycles. The Labute approximate surface area is 153 Å². The van der Waals surface area contributed by atoms with Crippen LogP contribution in [-0.2, 0) is 9.53 Å². The van der Waals surface area contributed by atoms with E-state index >= 15 is 0 Å². The van der Waals surface area contributed by atoms with Gasteiger partial charge in [-0.05, 0) is 42.7 Å². The van der Waals surface area contributed by atoms with Crippen LogP contribution in [0.2, 0.25) is 0 Å². The molecule has 0 aliphatic heterocycles. The average molecular weight is 356 g/mol. The van der Waals surface area contributed by atoms with E-state index in [-0.39, 0.29) is 17.0 Å². The van der Waals surface area contributed by atoms with Crippen molar-refractivity contribution in [1.82, 2.24) is 0 Å². The van der Waals surface area contributed by atoms with E-state index in [1.54, 1.807) is 12.1 Å². The summed E-state index contributed by atoms with van der Waals surface area (Å²) >= 11 is 1.17. The minimum atomic E-state index is -0.354. The molecule has 0 spiro atoms. The van der Waals surface area contributed by atoms with Crippen LogP contribution in [0.4, 0.5) is 0 Å². The van der Waals surface area contributed by atoms with Gasteiger partial charge in [0.25, 0.3) is 0 Å². The lowest BCUT2D eigenvalue weighted by molar-refractivity contribution is -0.145. The van der Waals surface area contributed by atoms with Crippen molar-refractivity contribution in [2.75, 3.05) is 6.61 Å². The largest absolute Gasteiger partial charge is 0.466 e. The van der Waals surface area contributed by atoms with Gasteiger partial charge in [0.2, 0.25) is 5.12 Å². The maximum atomic E-state index is 12.6. The second-order valence-electron chi connectivity index (χ2n) is 6.23. The Morgan fingerprint density at radius 3 is 2.28 bits per heavy atom. The highest BCUT2D eigenvalue weighted by Gasteiger charge is 2.26. The molecule has 1 unspecified atom stereocenters. The van der Waals surface area contributed by atoms with Crippen LogP contribution in [0.3, 0.4) is 0 Å². The fourth-order valence-corrected chi connectivity index (χ4v) is 3.59. The van der Waals surface area contributed by atoms with Crippen molar-refractivity contribution in [2.45, 2.75) is 38.0 Å². The third-order valence-electron chi connectivity index (χ3n) is 3.78. The Morgan fingerprint density at radius 2 is 1.64 bits per heavy atom. The molecule has 25 heavy (non-hydrogen) atoms. The van der Waals surface area contributed by atoms with E-state index in [9.17, 15) is 9.59 Å². The van der Waals surface area contributed by atoms with E-state index in [2.05, 4.69) is 13.8 Å². The molecule has 0 radical (unpaired) electrons. The molecule has 2 aromatic carbocycles. The first-order valence-electron chi connectivity index (χ1n) is 8.55. The van der Waals surface area contributed by atoms with Gasteiger partial charge in [-0.25, -0.2) is 0 Å². The van der Waals surface area contributed by atoms with E-state index < -0.39 is 0 Å². The predicted molar refractivity (Wildman–Crippen MR) is 102 cm³/mol. The Bertz CT molecular complexity index is 710. The zero-order chi connectivity index (χ0) is 18.2. The first-order valence-corrected chi connectivity index (χ1v) is 9.37. The quantitative estimate of drug-likeness (QED) is 0.498. The topological polar surface area (TPSA) is 43.4 Å². The lowest BCUT2D eigenvalue weighted by Gasteiger charge is -2.20. The normalized spacial score (nSPS) is 12.0. The van der Waals surface area contributed by atoms with Crippen LogP contribution in [-0.4, -0.2) is 17.7 Å². The van der Waals surface area contributed by atoms with Crippen LogP contribution >= 0.6 is 11.8 Å². The van der Waals surface area contributed by atoms with Crippen LogP contribution in [0.15, 0.2) is 59.5 Å². The van der Waals surface area contributed by atoms with Crippen LogP contribution in [0, 0.1) is 5.92 Å². The van der Waals surface area contributed by atoms with Gasteiger partial charge in [-0.1, -0.05) is 62.4 Å². The van der Waals surface area contributed by atoms with E-state index in [4.69, 9.17) is 4.74 Å². The van der Waals surface area contributed by atoms with Gasteiger partial charge in [0.15, 0.2) is 0 Å². The van der Waals surface area contributed by atoms with Gasteiger partial charge in [0, 0.05) is 10.5 Å². The lowest BCUT2D eigenvalue weighted by atomic mass is 9.90. The SMILES string of the molecule is CCOC(=O)C(CC(C)C)c1ccccc1SC(=O)c1ccccc1. The summed E-state index contributed by atoms with van der Waals surface area (Å²) in [5, 5.41) is -0.0276. The molecule has 132 valence electrons. The molecular weight excluding hydrogens is 332 g/mol. The number of carbonyl (C=O) groups excluding carboxylic acids is 2. The van der Waals surface area contributed by atoms with Crippen molar-refractivity contribution in [3.8, 4) is 0 Å². The Balaban J connectivity index is 2.31. The zero-order valence-electron chi connectivity index (χ0n) is 14.9. The van der Waals surface area contributed by atoms with Crippen molar-refractivity contribution >= 4 is 22.8 Å². The highest BCUT2D eigenvalue weighted by Crippen LogP contribution is 2.34. The summed E-state index contributed by atoms with van der Waals surface area (Å²) in [7, 11) is 0. The minimum absolute atomic E-state index is 0.0276. The van der Waals surface area contributed by atoms with Gasteiger partial charge in [-0.3, -0.25) is 9.59 Å². The molecule has 0 bridgehead atoms. The number of esters is 1. The van der Waals surface area contributed by atoms with Gasteiger partial charge in [-0.2, -0.15) is 0 Å². The summed E-state index contributed by atoms with van der Waals surface area (Å²) in [5.41, 5.74) is 1.52. The van der Waals surface area contributed by atoms with Crippen LogP contribution in [0.25, 0.3) is 0 Å². The van der Waals surface area contributed by atoms with Crippen LogP contribution in [0.5, 0.6) is 0 Å². The molecular formula is C21H24O3S. The van der Waals surface area contributed by atoms with E-state index in [1.165, 1.54) is 11.8 Å². The molecule has 1 atom stereocenters. The molecule has 0 saturated heterocycles. The molecule has 0 amide bonds. The molecule has 0 aliphatic rings. The van der Waals surface area contributed by atoms with Crippen molar-refractivity contribution < 1.29 is 14.3 Å². The molecule has 0 heterocycles. The summed E-state index contributed by atoms with van der Waals surface area (Å²) in [6.07, 6.45) is 0.690. The van der Waals surface area contributed by atoms with Crippen LogP contribution < -0.4 is 0 Å². The van der Waals surface area contributed by atoms with E-state index in [0.29, 0.717) is 24.5 Å². The van der Waals surface area contributed by atoms with Crippen LogP contribution in [0.1, 0.15) is 49.0 Å². The smallest absolute Gasteiger partial charge is 0.313 e. The predicted octanol–water partition coefficient (Wildman–Crippen LogP) is 5.31. The number of rotatable bonds is 7. The molecule has 0 aliphatic carbocycles. The van der Waals surface area contributed by atoms with E-state index in [0.717, 1.165) is 10.5 Å². The standard InChI is InChI=1S/C21H24O3S/c1-4-24-20(22)18(14-15(2)3)17-12-8-9-13-19(17)25-21(23)16-10-6-5-7-11-16/h5-13,15,18H,4,14H2,1-3H3. The third-order valence-corrected chi connectivity index (χ3v) is 4.80. The maximum absolute atomic E-state index is 12.6. The Morgan fingerprint density at radius 1 is 1.00 bits per heavy atom. The fourth-order valence-electron chi connectivity index (χ4n) is 2.66. The number of thioether (sulfide) groups is 1. The minimum Gasteiger partial charge on any atom is -0.466 e. The van der Waals surface area contributed by atoms with Crippen molar-refractivity contribution in [1.29, 1.82) is 0 Å². The Hall–Kier alpha value is -2.07. The highest BCUT2D eigenvalue weighted by molar-refractivity contribution is 8.14. The summed E-state index contributed by atoms with van der Waals surface area (Å²) < 4.78 is 5.27. The summed E-state index contributed by atoms with van der Waals surface area (Å²) in [6, 6.07) is 16.8. The first kappa shape index (κ1) is 19.3. The number of hydrogen-bond donors (Lipinski definition) is 0. The third kappa shape index (κ3) is 5.46. The number of carbonyl (C=O) groups is 2. The van der Waals surface area contributed by atoms with Crippen molar-refractivity contribution in [2.24, 2.45) is 5.92 Å². The van der Waals surface area contributed by atoms with Crippen molar-refractivity contribution in [3.63, 3.8) is 0 Å². The number of benzene rings is 2. The van der Waals surface area contributed by atoms with Gasteiger partial charge in [-0.15, -0.1) is 0 Å². The lowest BCUT2D eigenvalue weighted by Crippen LogP contribution is -2.18. The first-order chi connectivity index (χ1) is 12.0. The van der Waals surface area contributed by atoms with E-state index in [1.807, 2.05) is 49.4 Å². The highest BCUT2D eigenvalue weighted by atomic mass is 32.2. The van der Waals surface area contributed by atoms with Crippen molar-refractivity contribution in [3.05, 3.63) is 65.7 Å². The monoisotopic (exact) mass is 356 g/mol. The molecule has 4 heteroatoms. The molecule has 0 N–H and O–H groups in total. The number of hydrogen-bond acceptors (Lipinski definition) is 4. The second kappa shape index (κ2) is 9.42. The molecule has 0 fully saturated rings. The maximum Gasteiger partial charge on any atom is 0.313 e.